The van der Waals surface area contributed by atoms with Crippen LogP contribution in [0.2, 0.25) is 0 Å². The van der Waals surface area contributed by atoms with Crippen LogP contribution in [0, 0.1) is 47.1 Å². The summed E-state index contributed by atoms with van der Waals surface area (Å²) >= 11 is 0. The maximum Gasteiger partial charge on any atom is 0.314 e. The molecule has 0 amide bonds. The molecule has 3 saturated carbocycles. The third-order valence-corrected chi connectivity index (χ3v) is 8.62. The molecular formula is C28H38F2O2. The van der Waals surface area contributed by atoms with Crippen molar-refractivity contribution in [2.45, 2.75) is 84.0 Å². The second-order valence-corrected chi connectivity index (χ2v) is 10.5. The van der Waals surface area contributed by atoms with Gasteiger partial charge in [0.25, 0.3) is 0 Å². The summed E-state index contributed by atoms with van der Waals surface area (Å²) < 4.78 is 32.1. The van der Waals surface area contributed by atoms with Gasteiger partial charge in [-0.15, -0.1) is 0 Å². The van der Waals surface area contributed by atoms with Crippen molar-refractivity contribution in [1.82, 2.24) is 0 Å². The summed E-state index contributed by atoms with van der Waals surface area (Å²) in [6.45, 7) is 2.11. The van der Waals surface area contributed by atoms with Crippen molar-refractivity contribution in [3.05, 3.63) is 42.0 Å². The molecule has 3 aliphatic rings. The fourth-order valence-electron chi connectivity index (χ4n) is 6.79. The zero-order valence-corrected chi connectivity index (χ0v) is 19.4. The van der Waals surface area contributed by atoms with Crippen LogP contribution in [0.5, 0.6) is 5.75 Å². The number of rotatable bonds is 6. The number of carbonyl (C=O) groups excluding carboxylic acids is 1. The average Bonchev–Trinajstić information content (AvgIpc) is 2.81. The Hall–Kier alpha value is -1.71. The van der Waals surface area contributed by atoms with E-state index in [1.165, 1.54) is 57.4 Å². The number of allylic oxidation sites excluding steroid dienone is 2. The first-order chi connectivity index (χ1) is 15.5. The number of ether oxygens (including phenoxy) is 1. The topological polar surface area (TPSA) is 26.3 Å². The highest BCUT2D eigenvalue weighted by Gasteiger charge is 2.39. The lowest BCUT2D eigenvalue weighted by Gasteiger charge is -2.45. The van der Waals surface area contributed by atoms with E-state index in [0.717, 1.165) is 67.4 Å². The third kappa shape index (κ3) is 5.80. The van der Waals surface area contributed by atoms with Gasteiger partial charge >= 0.3 is 5.97 Å². The van der Waals surface area contributed by atoms with Crippen molar-refractivity contribution < 1.29 is 18.3 Å². The Balaban J connectivity index is 1.22. The fraction of sp³-hybridized carbons (Fsp3) is 0.679. The molecule has 1 aromatic rings. The molecule has 4 atom stereocenters. The minimum atomic E-state index is -0.819. The maximum atomic E-state index is 13.8. The normalized spacial score (nSPS) is 33.1. The molecule has 2 nitrogen and oxygen atoms in total. The molecule has 0 saturated heterocycles. The quantitative estimate of drug-likeness (QED) is 0.253. The van der Waals surface area contributed by atoms with Crippen LogP contribution in [0.4, 0.5) is 8.78 Å². The highest BCUT2D eigenvalue weighted by Crippen LogP contribution is 2.49. The monoisotopic (exact) mass is 444 g/mol. The van der Waals surface area contributed by atoms with Gasteiger partial charge in [0.05, 0.1) is 5.92 Å². The van der Waals surface area contributed by atoms with E-state index in [9.17, 15) is 13.6 Å². The summed E-state index contributed by atoms with van der Waals surface area (Å²) in [5.41, 5.74) is 0. The summed E-state index contributed by atoms with van der Waals surface area (Å²) in [6.07, 6.45) is 19.2. The molecule has 0 spiro atoms. The molecule has 4 unspecified atom stereocenters. The molecule has 3 aliphatic carbocycles. The molecule has 32 heavy (non-hydrogen) atoms. The first-order valence-electron chi connectivity index (χ1n) is 12.8. The van der Waals surface area contributed by atoms with Crippen LogP contribution in [0.3, 0.4) is 0 Å². The molecule has 0 N–H and O–H groups in total. The summed E-state index contributed by atoms with van der Waals surface area (Å²) in [5, 5.41) is 0. The van der Waals surface area contributed by atoms with Gasteiger partial charge in [0.2, 0.25) is 0 Å². The molecule has 0 heterocycles. The van der Waals surface area contributed by atoms with Gasteiger partial charge in [0.15, 0.2) is 11.6 Å². The highest BCUT2D eigenvalue weighted by atomic mass is 19.1. The van der Waals surface area contributed by atoms with Crippen LogP contribution < -0.4 is 4.74 Å². The molecule has 176 valence electrons. The van der Waals surface area contributed by atoms with E-state index in [1.807, 2.05) is 0 Å². The predicted molar refractivity (Wildman–Crippen MR) is 123 cm³/mol. The fourth-order valence-corrected chi connectivity index (χ4v) is 6.79. The van der Waals surface area contributed by atoms with Gasteiger partial charge in [0.1, 0.15) is 5.82 Å². The Labute approximate surface area is 191 Å². The van der Waals surface area contributed by atoms with Crippen LogP contribution in [0.1, 0.15) is 84.0 Å². The smallest absolute Gasteiger partial charge is 0.314 e. The van der Waals surface area contributed by atoms with Gasteiger partial charge < -0.3 is 4.74 Å². The van der Waals surface area contributed by atoms with Crippen molar-refractivity contribution in [2.75, 3.05) is 0 Å². The van der Waals surface area contributed by atoms with Crippen LogP contribution >= 0.6 is 0 Å². The SMILES string of the molecule is C/C=C/CCC1CCC2CC(C3CCC(C(=O)Oc4ccc(F)cc4F)CC3)CCC2C1. The van der Waals surface area contributed by atoms with E-state index >= 15 is 0 Å². The first kappa shape index (κ1) is 23.4. The molecule has 1 aromatic carbocycles. The van der Waals surface area contributed by atoms with Crippen molar-refractivity contribution in [1.29, 1.82) is 0 Å². The molecule has 0 bridgehead atoms. The lowest BCUT2D eigenvalue weighted by atomic mass is 9.60. The number of hydrogen-bond acceptors (Lipinski definition) is 2. The predicted octanol–water partition coefficient (Wildman–Crippen LogP) is 7.87. The standard InChI is InChI=1S/C28H38F2O2/c1-2-3-4-5-19-6-7-24-17-23(13-12-22(24)16-19)20-8-10-21(11-9-20)28(31)32-27-15-14-25(29)18-26(27)30/h2-3,14-15,18-24H,4-13,16-17H2,1H3/b3-2+. The minimum absolute atomic E-state index is 0.167. The van der Waals surface area contributed by atoms with Crippen LogP contribution in [-0.2, 0) is 4.79 Å². The zero-order chi connectivity index (χ0) is 22.5. The first-order valence-corrected chi connectivity index (χ1v) is 12.8. The van der Waals surface area contributed by atoms with E-state index in [4.69, 9.17) is 4.74 Å². The van der Waals surface area contributed by atoms with Gasteiger partial charge in [-0.25, -0.2) is 8.78 Å². The van der Waals surface area contributed by atoms with E-state index < -0.39 is 11.6 Å². The average molecular weight is 445 g/mol. The Kier molecular flexibility index (Phi) is 8.02. The lowest BCUT2D eigenvalue weighted by Crippen LogP contribution is -2.35. The van der Waals surface area contributed by atoms with Crippen LogP contribution in [-0.4, -0.2) is 5.97 Å². The molecule has 0 aliphatic heterocycles. The van der Waals surface area contributed by atoms with E-state index in [1.54, 1.807) is 0 Å². The molecular weight excluding hydrogens is 406 g/mol. The van der Waals surface area contributed by atoms with E-state index in [-0.39, 0.29) is 17.6 Å². The van der Waals surface area contributed by atoms with Crippen molar-refractivity contribution >= 4 is 5.97 Å². The Bertz CT molecular complexity index is 797. The Morgan fingerprint density at radius 3 is 2.31 bits per heavy atom. The van der Waals surface area contributed by atoms with Crippen LogP contribution in [0.25, 0.3) is 0 Å². The Morgan fingerprint density at radius 1 is 0.938 bits per heavy atom. The Morgan fingerprint density at radius 2 is 1.59 bits per heavy atom. The lowest BCUT2D eigenvalue weighted by molar-refractivity contribution is -0.140. The zero-order valence-electron chi connectivity index (χ0n) is 19.4. The number of benzene rings is 1. The molecule has 0 radical (unpaired) electrons. The number of halogens is 2. The van der Waals surface area contributed by atoms with Gasteiger partial charge in [-0.05, 0) is 119 Å². The number of carbonyl (C=O) groups is 1. The van der Waals surface area contributed by atoms with Crippen molar-refractivity contribution in [2.24, 2.45) is 35.5 Å². The van der Waals surface area contributed by atoms with E-state index in [2.05, 4.69) is 19.1 Å². The van der Waals surface area contributed by atoms with Crippen molar-refractivity contribution in [3.8, 4) is 5.75 Å². The summed E-state index contributed by atoms with van der Waals surface area (Å²) in [6, 6.07) is 3.07. The minimum Gasteiger partial charge on any atom is -0.423 e. The van der Waals surface area contributed by atoms with Crippen LogP contribution in [0.15, 0.2) is 30.4 Å². The molecule has 3 fully saturated rings. The summed E-state index contributed by atoms with van der Waals surface area (Å²) in [5.74, 6) is 2.11. The second kappa shape index (κ2) is 10.9. The van der Waals surface area contributed by atoms with E-state index in [0.29, 0.717) is 0 Å². The molecule has 4 rings (SSSR count). The molecule has 4 heteroatoms. The second-order valence-electron chi connectivity index (χ2n) is 10.5. The number of fused-ring (bicyclic) bond motifs is 1. The van der Waals surface area contributed by atoms with Crippen molar-refractivity contribution in [3.63, 3.8) is 0 Å². The van der Waals surface area contributed by atoms with Gasteiger partial charge in [-0.2, -0.15) is 0 Å². The van der Waals surface area contributed by atoms with Gasteiger partial charge in [0, 0.05) is 6.07 Å². The largest absolute Gasteiger partial charge is 0.423 e. The van der Waals surface area contributed by atoms with Gasteiger partial charge in [-0.1, -0.05) is 18.6 Å². The summed E-state index contributed by atoms with van der Waals surface area (Å²) in [4.78, 5) is 12.5. The van der Waals surface area contributed by atoms with Gasteiger partial charge in [-0.3, -0.25) is 4.79 Å². The number of hydrogen-bond donors (Lipinski definition) is 0. The maximum absolute atomic E-state index is 13.8. The highest BCUT2D eigenvalue weighted by molar-refractivity contribution is 5.75. The molecule has 0 aromatic heterocycles. The summed E-state index contributed by atoms with van der Waals surface area (Å²) in [7, 11) is 0. The number of esters is 1. The third-order valence-electron chi connectivity index (χ3n) is 8.62.